The minimum Gasteiger partial charge on any atom is -0.490 e. The number of rotatable bonds is 6. The summed E-state index contributed by atoms with van der Waals surface area (Å²) >= 11 is 1.37. The van der Waals surface area contributed by atoms with Crippen molar-refractivity contribution < 1.29 is 19.1 Å². The molecule has 2 unspecified atom stereocenters. The molecule has 3 atom stereocenters. The summed E-state index contributed by atoms with van der Waals surface area (Å²) in [5.74, 6) is 0.463. The molecule has 4 amide bonds. The fraction of sp³-hybridized carbons (Fsp3) is 0.448. The van der Waals surface area contributed by atoms with E-state index in [0.717, 1.165) is 47.7 Å². The fourth-order valence-corrected chi connectivity index (χ4v) is 7.30. The van der Waals surface area contributed by atoms with Crippen molar-refractivity contribution in [3.63, 3.8) is 0 Å². The average Bonchev–Trinajstić information content (AvgIpc) is 3.33. The lowest BCUT2D eigenvalue weighted by molar-refractivity contribution is -0.129. The average molecular weight is 548 g/mol. The molecule has 4 aliphatic rings. The molecule has 1 aliphatic carbocycles. The highest BCUT2D eigenvalue weighted by Gasteiger charge is 2.47. The van der Waals surface area contributed by atoms with Crippen LogP contribution in [0.2, 0.25) is 0 Å². The summed E-state index contributed by atoms with van der Waals surface area (Å²) in [5, 5.41) is 6.38. The van der Waals surface area contributed by atoms with Crippen molar-refractivity contribution in [3.8, 4) is 5.75 Å². The molecule has 204 valence electrons. The van der Waals surface area contributed by atoms with Gasteiger partial charge in [-0.25, -0.2) is 9.78 Å². The van der Waals surface area contributed by atoms with Crippen LogP contribution < -0.4 is 20.3 Å². The molecule has 0 bridgehead atoms. The molecule has 3 aliphatic heterocycles. The van der Waals surface area contributed by atoms with Crippen molar-refractivity contribution >= 4 is 41.0 Å². The molecule has 2 aromatic rings. The van der Waals surface area contributed by atoms with Gasteiger partial charge in [-0.05, 0) is 62.8 Å². The van der Waals surface area contributed by atoms with Crippen LogP contribution >= 0.6 is 11.8 Å². The summed E-state index contributed by atoms with van der Waals surface area (Å²) in [6.07, 6.45) is 10.5. The summed E-state index contributed by atoms with van der Waals surface area (Å²) < 4.78 is 6.26. The molecule has 4 heterocycles. The lowest BCUT2D eigenvalue weighted by atomic mass is 9.98. The molecular formula is C29H33N5O4S. The van der Waals surface area contributed by atoms with E-state index in [9.17, 15) is 14.4 Å². The van der Waals surface area contributed by atoms with Crippen molar-refractivity contribution in [3.05, 3.63) is 54.7 Å². The summed E-state index contributed by atoms with van der Waals surface area (Å²) in [4.78, 5) is 47.0. The number of aromatic nitrogens is 1. The Morgan fingerprint density at radius 1 is 1.15 bits per heavy atom. The first kappa shape index (κ1) is 25.7. The Morgan fingerprint density at radius 3 is 2.82 bits per heavy atom. The normalized spacial score (nSPS) is 24.5. The molecule has 2 fully saturated rings. The van der Waals surface area contributed by atoms with E-state index in [-0.39, 0.29) is 30.0 Å². The Balaban J connectivity index is 1.21. The van der Waals surface area contributed by atoms with Gasteiger partial charge in [0.2, 0.25) is 11.8 Å². The number of nitrogens with zero attached hydrogens (tertiary/aromatic N) is 3. The van der Waals surface area contributed by atoms with E-state index in [0.29, 0.717) is 18.8 Å². The topological polar surface area (TPSA) is 104 Å². The van der Waals surface area contributed by atoms with E-state index < -0.39 is 11.3 Å². The van der Waals surface area contributed by atoms with Crippen LogP contribution in [-0.4, -0.2) is 58.2 Å². The van der Waals surface area contributed by atoms with E-state index >= 15 is 0 Å². The minimum atomic E-state index is -0.550. The van der Waals surface area contributed by atoms with Gasteiger partial charge in [0.1, 0.15) is 16.0 Å². The number of benzene rings is 1. The number of carbonyl (C=O) groups is 3. The van der Waals surface area contributed by atoms with Crippen LogP contribution in [0.5, 0.6) is 5.75 Å². The van der Waals surface area contributed by atoms with Crippen molar-refractivity contribution in [1.29, 1.82) is 0 Å². The van der Waals surface area contributed by atoms with Crippen LogP contribution in [0.15, 0.2) is 54.2 Å². The third-order valence-electron chi connectivity index (χ3n) is 7.95. The van der Waals surface area contributed by atoms with E-state index in [4.69, 9.17) is 4.74 Å². The summed E-state index contributed by atoms with van der Waals surface area (Å²) in [7, 11) is 0. The monoisotopic (exact) mass is 547 g/mol. The highest BCUT2D eigenvalue weighted by atomic mass is 32.2. The number of thioether (sulfide) groups is 1. The molecule has 39 heavy (non-hydrogen) atoms. The largest absolute Gasteiger partial charge is 0.490 e. The molecule has 1 aromatic heterocycles. The fourth-order valence-electron chi connectivity index (χ4n) is 6.06. The zero-order valence-electron chi connectivity index (χ0n) is 21.8. The lowest BCUT2D eigenvalue weighted by Gasteiger charge is -2.35. The Bertz CT molecular complexity index is 1300. The van der Waals surface area contributed by atoms with Crippen LogP contribution in [0.1, 0.15) is 56.6 Å². The zero-order chi connectivity index (χ0) is 26.9. The van der Waals surface area contributed by atoms with E-state index in [1.807, 2.05) is 30.3 Å². The van der Waals surface area contributed by atoms with Crippen molar-refractivity contribution in [2.45, 2.75) is 73.4 Å². The third-order valence-corrected chi connectivity index (χ3v) is 9.24. The lowest BCUT2D eigenvalue weighted by Crippen LogP contribution is -2.53. The number of piperidine rings is 1. The van der Waals surface area contributed by atoms with E-state index in [2.05, 4.69) is 22.2 Å². The second-order valence-corrected chi connectivity index (χ2v) is 11.7. The standard InChI is InChI=1S/C29H33N5O4S/c1-2-23(35)33-15-7-8-18(17-33)31-27(36)26-25-24-22(13-14-30-28(24)39-26)34(29(37)32-25)19-9-6-12-21(16-19)38-20-10-4-3-5-11-20/h2,6,9,12-14,16,18,20,25-26H,1,3-5,7-8,10-11,15,17H2,(H,31,36)(H,32,37)/t18?,25?,26-/m1/s1. The van der Waals surface area contributed by atoms with Gasteiger partial charge in [0.05, 0.1) is 23.5 Å². The van der Waals surface area contributed by atoms with Crippen LogP contribution in [0, 0.1) is 0 Å². The number of urea groups is 1. The maximum Gasteiger partial charge on any atom is 0.327 e. The van der Waals surface area contributed by atoms with E-state index in [1.54, 1.807) is 16.0 Å². The number of nitrogens with one attached hydrogen (secondary N) is 2. The Labute approximate surface area is 232 Å². The smallest absolute Gasteiger partial charge is 0.327 e. The second-order valence-electron chi connectivity index (χ2n) is 10.6. The number of amides is 4. The molecule has 10 heteroatoms. The number of ether oxygens (including phenoxy) is 1. The maximum absolute atomic E-state index is 13.5. The zero-order valence-corrected chi connectivity index (χ0v) is 22.6. The van der Waals surface area contributed by atoms with Gasteiger partial charge < -0.3 is 20.3 Å². The quantitative estimate of drug-likeness (QED) is 0.518. The molecule has 1 aromatic carbocycles. The molecule has 0 spiro atoms. The van der Waals surface area contributed by atoms with Crippen LogP contribution in [-0.2, 0) is 9.59 Å². The minimum absolute atomic E-state index is 0.127. The molecule has 0 radical (unpaired) electrons. The number of carbonyl (C=O) groups excluding carboxylic acids is 3. The van der Waals surface area contributed by atoms with Gasteiger partial charge in [0, 0.05) is 37.0 Å². The first-order valence-corrected chi connectivity index (χ1v) is 14.6. The molecule has 6 rings (SSSR count). The number of pyridine rings is 1. The predicted molar refractivity (Wildman–Crippen MR) is 149 cm³/mol. The number of hydrogen-bond acceptors (Lipinski definition) is 6. The van der Waals surface area contributed by atoms with Gasteiger partial charge in [0.25, 0.3) is 0 Å². The summed E-state index contributed by atoms with van der Waals surface area (Å²) in [5.41, 5.74) is 2.29. The molecule has 2 N–H and O–H groups in total. The third kappa shape index (κ3) is 5.09. The summed E-state index contributed by atoms with van der Waals surface area (Å²) in [6.45, 7) is 4.68. The molecular weight excluding hydrogens is 514 g/mol. The Morgan fingerprint density at radius 2 is 2.00 bits per heavy atom. The SMILES string of the molecule is C=CC(=O)N1CCCC(NC(=O)[C@@H]2Sc3nccc4c3C2NC(=O)N4c2cccc(OC3CCCCC3)c2)C1. The summed E-state index contributed by atoms with van der Waals surface area (Å²) in [6, 6.07) is 8.55. The predicted octanol–water partition coefficient (Wildman–Crippen LogP) is 4.46. The Kier molecular flexibility index (Phi) is 7.20. The van der Waals surface area contributed by atoms with Crippen LogP contribution in [0.25, 0.3) is 0 Å². The van der Waals surface area contributed by atoms with Crippen molar-refractivity contribution in [1.82, 2.24) is 20.5 Å². The maximum atomic E-state index is 13.5. The van der Waals surface area contributed by atoms with Gasteiger partial charge in [-0.2, -0.15) is 0 Å². The van der Waals surface area contributed by atoms with Crippen molar-refractivity contribution in [2.75, 3.05) is 18.0 Å². The van der Waals surface area contributed by atoms with Crippen LogP contribution in [0.4, 0.5) is 16.2 Å². The second kappa shape index (κ2) is 10.9. The number of likely N-dealkylation sites (tertiary alicyclic amines) is 1. The van der Waals surface area contributed by atoms with Gasteiger partial charge in [0.15, 0.2) is 0 Å². The highest BCUT2D eigenvalue weighted by Crippen LogP contribution is 2.50. The molecule has 9 nitrogen and oxygen atoms in total. The van der Waals surface area contributed by atoms with Gasteiger partial charge >= 0.3 is 6.03 Å². The van der Waals surface area contributed by atoms with Crippen LogP contribution in [0.3, 0.4) is 0 Å². The van der Waals surface area contributed by atoms with Gasteiger partial charge in [-0.1, -0.05) is 30.8 Å². The van der Waals surface area contributed by atoms with Crippen molar-refractivity contribution in [2.24, 2.45) is 0 Å². The van der Waals surface area contributed by atoms with E-state index in [1.165, 1.54) is 37.1 Å². The Hall–Kier alpha value is -3.53. The highest BCUT2D eigenvalue weighted by molar-refractivity contribution is 8.01. The van der Waals surface area contributed by atoms with Gasteiger partial charge in [-0.3, -0.25) is 14.5 Å². The molecule has 1 saturated heterocycles. The first-order chi connectivity index (χ1) is 19.0. The number of hydrogen-bond donors (Lipinski definition) is 2. The molecule has 1 saturated carbocycles. The van der Waals surface area contributed by atoms with Gasteiger partial charge in [-0.15, -0.1) is 0 Å². The number of anilines is 2. The first-order valence-electron chi connectivity index (χ1n) is 13.8.